The Morgan fingerprint density at radius 3 is 2.67 bits per heavy atom. The van der Waals surface area contributed by atoms with Crippen LogP contribution in [-0.2, 0) is 11.3 Å². The van der Waals surface area contributed by atoms with Crippen molar-refractivity contribution < 1.29 is 9.47 Å². The molecule has 0 atom stereocenters. The molecule has 2 rings (SSSR count). The maximum Gasteiger partial charge on any atom is 0.165 e. The van der Waals surface area contributed by atoms with Crippen molar-refractivity contribution in [2.24, 2.45) is 0 Å². The quantitative estimate of drug-likeness (QED) is 0.756. The molecule has 0 saturated carbocycles. The minimum atomic E-state index is 0.444. The van der Waals surface area contributed by atoms with Gasteiger partial charge in [-0.1, -0.05) is 12.1 Å². The van der Waals surface area contributed by atoms with Crippen molar-refractivity contribution in [3.05, 3.63) is 33.5 Å². The molecule has 0 amide bonds. The molecular weight excluding hydrogens is 381 g/mol. The van der Waals surface area contributed by atoms with Crippen LogP contribution in [-0.4, -0.2) is 30.7 Å². The van der Waals surface area contributed by atoms with Crippen LogP contribution < -0.4 is 10.1 Å². The van der Waals surface area contributed by atoms with Crippen LogP contribution in [0.4, 0.5) is 5.82 Å². The average Bonchev–Trinajstić information content (AvgIpc) is 2.50. The van der Waals surface area contributed by atoms with E-state index in [0.29, 0.717) is 19.0 Å². The van der Waals surface area contributed by atoms with E-state index < -0.39 is 0 Å². The molecule has 0 saturated heterocycles. The summed E-state index contributed by atoms with van der Waals surface area (Å²) in [6, 6.07) is 7.78. The first-order chi connectivity index (χ1) is 10.2. The van der Waals surface area contributed by atoms with Gasteiger partial charge in [-0.3, -0.25) is 0 Å². The van der Waals surface area contributed by atoms with Gasteiger partial charge in [0.25, 0.3) is 0 Å². The third kappa shape index (κ3) is 3.62. The molecule has 1 aromatic heterocycles. The first kappa shape index (κ1) is 16.0. The molecule has 1 heterocycles. The number of anilines is 1. The number of hydrogen-bond acceptors (Lipinski definition) is 5. The predicted octanol–water partition coefficient (Wildman–Crippen LogP) is 3.34. The first-order valence-corrected chi connectivity index (χ1v) is 7.74. The zero-order valence-corrected chi connectivity index (χ0v) is 14.5. The van der Waals surface area contributed by atoms with E-state index >= 15 is 0 Å². The molecule has 1 N–H and O–H groups in total. The van der Waals surface area contributed by atoms with Crippen LogP contribution >= 0.6 is 22.6 Å². The van der Waals surface area contributed by atoms with Gasteiger partial charge in [0, 0.05) is 14.2 Å². The third-order valence-electron chi connectivity index (χ3n) is 2.87. The lowest BCUT2D eigenvalue weighted by molar-refractivity contribution is 0.181. The molecule has 6 heteroatoms. The van der Waals surface area contributed by atoms with Gasteiger partial charge in [-0.05, 0) is 41.6 Å². The molecule has 0 spiro atoms. The number of hydrogen-bond donors (Lipinski definition) is 1. The van der Waals surface area contributed by atoms with E-state index in [1.54, 1.807) is 7.11 Å². The van der Waals surface area contributed by atoms with Crippen LogP contribution in [0.3, 0.4) is 0 Å². The number of ether oxygens (including phenoxy) is 2. The van der Waals surface area contributed by atoms with Gasteiger partial charge in [0.1, 0.15) is 11.6 Å². The fourth-order valence-corrected chi connectivity index (χ4v) is 2.61. The van der Waals surface area contributed by atoms with E-state index in [1.807, 2.05) is 38.2 Å². The van der Waals surface area contributed by atoms with Crippen molar-refractivity contribution in [1.29, 1.82) is 0 Å². The highest BCUT2D eigenvalue weighted by molar-refractivity contribution is 14.1. The van der Waals surface area contributed by atoms with Crippen LogP contribution in [0.25, 0.3) is 11.4 Å². The summed E-state index contributed by atoms with van der Waals surface area (Å²) in [6.45, 7) is 3.01. The smallest absolute Gasteiger partial charge is 0.165 e. The highest BCUT2D eigenvalue weighted by Gasteiger charge is 2.15. The SMILES string of the molecule is CCOc1ccccc1-c1nc(COC)c(I)c(NC)n1. The van der Waals surface area contributed by atoms with Crippen molar-refractivity contribution in [2.45, 2.75) is 13.5 Å². The number of aromatic nitrogens is 2. The van der Waals surface area contributed by atoms with Gasteiger partial charge in [-0.2, -0.15) is 0 Å². The minimum absolute atomic E-state index is 0.444. The van der Waals surface area contributed by atoms with E-state index in [0.717, 1.165) is 26.4 Å². The van der Waals surface area contributed by atoms with E-state index in [-0.39, 0.29) is 0 Å². The summed E-state index contributed by atoms with van der Waals surface area (Å²) < 4.78 is 11.9. The minimum Gasteiger partial charge on any atom is -0.493 e. The van der Waals surface area contributed by atoms with E-state index in [4.69, 9.17) is 9.47 Å². The number of halogens is 1. The monoisotopic (exact) mass is 399 g/mol. The first-order valence-electron chi connectivity index (χ1n) is 6.66. The summed E-state index contributed by atoms with van der Waals surface area (Å²) in [7, 11) is 3.50. The second-order valence-electron chi connectivity index (χ2n) is 4.27. The average molecular weight is 399 g/mol. The molecule has 5 nitrogen and oxygen atoms in total. The molecule has 1 aromatic carbocycles. The summed E-state index contributed by atoms with van der Waals surface area (Å²) in [5.41, 5.74) is 1.74. The zero-order valence-electron chi connectivity index (χ0n) is 12.3. The Hall–Kier alpha value is -1.41. The zero-order chi connectivity index (χ0) is 15.2. The van der Waals surface area contributed by atoms with Crippen molar-refractivity contribution in [3.63, 3.8) is 0 Å². The topological polar surface area (TPSA) is 56.3 Å². The number of benzene rings is 1. The molecule has 2 aromatic rings. The molecule has 0 fully saturated rings. The summed E-state index contributed by atoms with van der Waals surface area (Å²) in [5, 5.41) is 3.10. The Labute approximate surface area is 138 Å². The molecule has 21 heavy (non-hydrogen) atoms. The van der Waals surface area contributed by atoms with Gasteiger partial charge < -0.3 is 14.8 Å². The number of methoxy groups -OCH3 is 1. The van der Waals surface area contributed by atoms with E-state index in [9.17, 15) is 0 Å². The lowest BCUT2D eigenvalue weighted by Crippen LogP contribution is -2.07. The summed E-state index contributed by atoms with van der Waals surface area (Å²) in [4.78, 5) is 9.20. The summed E-state index contributed by atoms with van der Waals surface area (Å²) >= 11 is 2.23. The van der Waals surface area contributed by atoms with Crippen LogP contribution in [0.1, 0.15) is 12.6 Å². The normalized spacial score (nSPS) is 10.5. The van der Waals surface area contributed by atoms with Gasteiger partial charge in [0.15, 0.2) is 5.82 Å². The summed E-state index contributed by atoms with van der Waals surface area (Å²) in [5.74, 6) is 2.21. The summed E-state index contributed by atoms with van der Waals surface area (Å²) in [6.07, 6.45) is 0. The number of rotatable bonds is 6. The molecule has 0 aliphatic carbocycles. The Bertz CT molecular complexity index is 620. The number of nitrogens with zero attached hydrogens (tertiary/aromatic N) is 2. The van der Waals surface area contributed by atoms with E-state index in [2.05, 4.69) is 37.9 Å². The molecular formula is C15H18IN3O2. The second kappa shape index (κ2) is 7.56. The van der Waals surface area contributed by atoms with Crippen LogP contribution in [0.2, 0.25) is 0 Å². The van der Waals surface area contributed by atoms with Gasteiger partial charge >= 0.3 is 0 Å². The van der Waals surface area contributed by atoms with E-state index in [1.165, 1.54) is 0 Å². The largest absolute Gasteiger partial charge is 0.493 e. The van der Waals surface area contributed by atoms with Crippen molar-refractivity contribution >= 4 is 28.4 Å². The highest BCUT2D eigenvalue weighted by atomic mass is 127. The maximum atomic E-state index is 5.66. The van der Waals surface area contributed by atoms with Crippen LogP contribution in [0.5, 0.6) is 5.75 Å². The number of para-hydroxylation sites is 1. The van der Waals surface area contributed by atoms with Gasteiger partial charge in [-0.15, -0.1) is 0 Å². The standard InChI is InChI=1S/C15H18IN3O2/c1-4-21-12-8-6-5-7-10(12)14-18-11(9-20-3)13(16)15(17-2)19-14/h5-8H,4,9H2,1-3H3,(H,17,18,19). The molecule has 0 bridgehead atoms. The van der Waals surface area contributed by atoms with Gasteiger partial charge in [-0.25, -0.2) is 9.97 Å². The second-order valence-corrected chi connectivity index (χ2v) is 5.35. The Kier molecular flexibility index (Phi) is 5.75. The van der Waals surface area contributed by atoms with Crippen molar-refractivity contribution in [2.75, 3.05) is 26.1 Å². The van der Waals surface area contributed by atoms with Crippen molar-refractivity contribution in [1.82, 2.24) is 9.97 Å². The van der Waals surface area contributed by atoms with Crippen LogP contribution in [0.15, 0.2) is 24.3 Å². The lowest BCUT2D eigenvalue weighted by Gasteiger charge is -2.13. The number of nitrogens with one attached hydrogen (secondary N) is 1. The maximum absolute atomic E-state index is 5.66. The molecule has 0 unspecified atom stereocenters. The Balaban J connectivity index is 2.55. The van der Waals surface area contributed by atoms with Crippen molar-refractivity contribution in [3.8, 4) is 17.1 Å². The fourth-order valence-electron chi connectivity index (χ4n) is 1.94. The molecule has 0 aliphatic rings. The Morgan fingerprint density at radius 2 is 2.00 bits per heavy atom. The lowest BCUT2D eigenvalue weighted by atomic mass is 10.2. The fraction of sp³-hybridized carbons (Fsp3) is 0.333. The molecule has 112 valence electrons. The third-order valence-corrected chi connectivity index (χ3v) is 4.00. The van der Waals surface area contributed by atoms with Gasteiger partial charge in [0.05, 0.1) is 28.0 Å². The van der Waals surface area contributed by atoms with Gasteiger partial charge in [0.2, 0.25) is 0 Å². The predicted molar refractivity (Wildman–Crippen MR) is 91.6 cm³/mol. The molecule has 0 radical (unpaired) electrons. The Morgan fingerprint density at radius 1 is 1.24 bits per heavy atom. The highest BCUT2D eigenvalue weighted by Crippen LogP contribution is 2.30. The van der Waals surface area contributed by atoms with Crippen LogP contribution in [0, 0.1) is 3.57 Å². The molecule has 0 aliphatic heterocycles.